The Labute approximate surface area is 198 Å². The number of hydrogen-bond donors (Lipinski definition) is 2. The number of aromatic nitrogens is 4. The van der Waals surface area contributed by atoms with E-state index >= 15 is 0 Å². The van der Waals surface area contributed by atoms with Gasteiger partial charge in [0.05, 0.1) is 28.5 Å². The fourth-order valence-electron chi connectivity index (χ4n) is 4.30. The molecule has 4 aromatic rings. The van der Waals surface area contributed by atoms with Crippen LogP contribution in [0.2, 0.25) is 0 Å². The second kappa shape index (κ2) is 8.94. The Morgan fingerprint density at radius 1 is 1.27 bits per heavy atom. The number of rotatable bonds is 6. The first-order valence-electron chi connectivity index (χ1n) is 10.7. The fraction of sp³-hybridized carbons (Fsp3) is 0.348. The molecule has 1 saturated heterocycles. The summed E-state index contributed by atoms with van der Waals surface area (Å²) in [4.78, 5) is 9.35. The molecule has 3 aromatic heterocycles. The minimum absolute atomic E-state index is 0.176. The number of ether oxygens (including phenoxy) is 2. The lowest BCUT2D eigenvalue weighted by molar-refractivity contribution is -0.000378. The Hall–Kier alpha value is -2.66. The molecule has 4 heterocycles. The van der Waals surface area contributed by atoms with Gasteiger partial charge in [-0.1, -0.05) is 0 Å². The van der Waals surface area contributed by atoms with Crippen LogP contribution in [0.5, 0.6) is 0 Å². The lowest BCUT2D eigenvalue weighted by Gasteiger charge is -2.37. The highest BCUT2D eigenvalue weighted by atomic mass is 79.9. The molecule has 3 N–H and O–H groups in total. The zero-order chi connectivity index (χ0) is 23.0. The fourth-order valence-corrected chi connectivity index (χ4v) is 4.69. The third-order valence-electron chi connectivity index (χ3n) is 6.15. The molecule has 8 nitrogen and oxygen atoms in total. The minimum atomic E-state index is -0.306. The van der Waals surface area contributed by atoms with Crippen LogP contribution in [0, 0.1) is 5.82 Å². The van der Waals surface area contributed by atoms with E-state index in [1.54, 1.807) is 30.1 Å². The van der Waals surface area contributed by atoms with Crippen LogP contribution in [0.1, 0.15) is 18.5 Å². The van der Waals surface area contributed by atoms with Crippen molar-refractivity contribution < 1.29 is 13.9 Å². The summed E-state index contributed by atoms with van der Waals surface area (Å²) in [6.07, 6.45) is 5.15. The lowest BCUT2D eigenvalue weighted by Crippen LogP contribution is -2.52. The number of nitrogen functional groups attached to an aromatic ring is 1. The standard InChI is InChI=1S/C23H24BrFN6O2/c1-32-13-23(4-6-33-7-5-23)28-12-19-20(24)21(26)31-22(30-19)17(11-29-31)15-8-14-9-16(25)2-3-18(14)27-10-15/h2-3,8-11,28H,4-7,12-13,26H2,1H3. The SMILES string of the molecule is COCC1(NCc2nc3c(-c4cnc5ccc(F)cc5c4)cnn3c(N)c2Br)CCOCC1. The lowest BCUT2D eigenvalue weighted by atomic mass is 9.91. The summed E-state index contributed by atoms with van der Waals surface area (Å²) in [5, 5.41) is 8.77. The van der Waals surface area contributed by atoms with Crippen molar-refractivity contribution in [3.05, 3.63) is 52.6 Å². The van der Waals surface area contributed by atoms with Gasteiger partial charge in [0.2, 0.25) is 0 Å². The van der Waals surface area contributed by atoms with E-state index in [4.69, 9.17) is 20.2 Å². The van der Waals surface area contributed by atoms with Gasteiger partial charge in [-0.15, -0.1) is 0 Å². The molecule has 0 saturated carbocycles. The Bertz CT molecular complexity index is 1320. The van der Waals surface area contributed by atoms with Crippen LogP contribution >= 0.6 is 15.9 Å². The average Bonchev–Trinajstić information content (AvgIpc) is 3.25. The largest absolute Gasteiger partial charge is 0.383 e. The molecular weight excluding hydrogens is 491 g/mol. The maximum atomic E-state index is 13.7. The monoisotopic (exact) mass is 514 g/mol. The summed E-state index contributed by atoms with van der Waals surface area (Å²) in [6, 6.07) is 6.41. The van der Waals surface area contributed by atoms with Gasteiger partial charge in [0.25, 0.3) is 0 Å². The van der Waals surface area contributed by atoms with Crippen molar-refractivity contribution in [1.82, 2.24) is 24.9 Å². The number of fused-ring (bicyclic) bond motifs is 2. The molecule has 1 aliphatic rings. The number of nitrogens with two attached hydrogens (primary N) is 1. The normalized spacial score (nSPS) is 16.0. The van der Waals surface area contributed by atoms with Gasteiger partial charge in [-0.25, -0.2) is 9.37 Å². The number of pyridine rings is 1. The van der Waals surface area contributed by atoms with Crippen molar-refractivity contribution in [2.45, 2.75) is 24.9 Å². The predicted molar refractivity (Wildman–Crippen MR) is 127 cm³/mol. The van der Waals surface area contributed by atoms with E-state index in [0.29, 0.717) is 47.7 Å². The van der Waals surface area contributed by atoms with Crippen molar-refractivity contribution in [2.75, 3.05) is 32.7 Å². The second-order valence-corrected chi connectivity index (χ2v) is 9.08. The van der Waals surface area contributed by atoms with E-state index in [0.717, 1.165) is 35.2 Å². The van der Waals surface area contributed by atoms with Gasteiger partial charge in [0.15, 0.2) is 5.65 Å². The molecular formula is C23H24BrFN6O2. The Balaban J connectivity index is 1.52. The Morgan fingerprint density at radius 2 is 2.09 bits per heavy atom. The summed E-state index contributed by atoms with van der Waals surface area (Å²) in [7, 11) is 1.71. The average molecular weight is 515 g/mol. The number of hydrogen-bond acceptors (Lipinski definition) is 7. The predicted octanol–water partition coefficient (Wildman–Crippen LogP) is 3.71. The second-order valence-electron chi connectivity index (χ2n) is 8.29. The van der Waals surface area contributed by atoms with E-state index < -0.39 is 0 Å². The van der Waals surface area contributed by atoms with Crippen LogP contribution in [0.25, 0.3) is 27.7 Å². The highest BCUT2D eigenvalue weighted by Gasteiger charge is 2.32. The molecule has 1 fully saturated rings. The molecule has 0 spiro atoms. The van der Waals surface area contributed by atoms with Crippen LogP contribution in [0.4, 0.5) is 10.2 Å². The molecule has 10 heteroatoms. The zero-order valence-electron chi connectivity index (χ0n) is 18.1. The molecule has 1 aliphatic heterocycles. The molecule has 0 aliphatic carbocycles. The van der Waals surface area contributed by atoms with Crippen molar-refractivity contribution in [2.24, 2.45) is 0 Å². The molecule has 0 atom stereocenters. The summed E-state index contributed by atoms with van der Waals surface area (Å²) in [5.41, 5.74) is 9.87. The maximum absolute atomic E-state index is 13.7. The third kappa shape index (κ3) is 4.19. The summed E-state index contributed by atoms with van der Waals surface area (Å²) in [6.45, 7) is 2.46. The topological polar surface area (TPSA) is 99.6 Å². The number of halogens is 2. The van der Waals surface area contributed by atoms with Gasteiger partial charge in [-0.2, -0.15) is 9.61 Å². The summed E-state index contributed by atoms with van der Waals surface area (Å²) in [5.74, 6) is 0.148. The van der Waals surface area contributed by atoms with E-state index in [1.165, 1.54) is 12.1 Å². The summed E-state index contributed by atoms with van der Waals surface area (Å²) < 4.78 is 27.0. The highest BCUT2D eigenvalue weighted by molar-refractivity contribution is 9.10. The van der Waals surface area contributed by atoms with E-state index in [2.05, 4.69) is 31.3 Å². The quantitative estimate of drug-likeness (QED) is 0.404. The Kier molecular flexibility index (Phi) is 6.00. The molecule has 5 rings (SSSR count). The van der Waals surface area contributed by atoms with Crippen LogP contribution in [-0.2, 0) is 16.0 Å². The Morgan fingerprint density at radius 3 is 2.88 bits per heavy atom. The maximum Gasteiger partial charge on any atom is 0.165 e. The van der Waals surface area contributed by atoms with E-state index in [-0.39, 0.29) is 11.4 Å². The molecule has 0 radical (unpaired) electrons. The number of methoxy groups -OCH3 is 1. The van der Waals surface area contributed by atoms with Crippen molar-refractivity contribution in [3.8, 4) is 11.1 Å². The van der Waals surface area contributed by atoms with E-state index in [9.17, 15) is 4.39 Å². The van der Waals surface area contributed by atoms with Crippen LogP contribution in [-0.4, -0.2) is 52.1 Å². The number of nitrogens with zero attached hydrogens (tertiary/aromatic N) is 4. The first-order valence-corrected chi connectivity index (χ1v) is 11.5. The van der Waals surface area contributed by atoms with Crippen molar-refractivity contribution in [1.29, 1.82) is 0 Å². The number of anilines is 1. The minimum Gasteiger partial charge on any atom is -0.383 e. The zero-order valence-corrected chi connectivity index (χ0v) is 19.7. The van der Waals surface area contributed by atoms with Crippen molar-refractivity contribution in [3.63, 3.8) is 0 Å². The first kappa shape index (κ1) is 22.1. The van der Waals surface area contributed by atoms with Gasteiger partial charge in [0, 0.05) is 55.1 Å². The smallest absolute Gasteiger partial charge is 0.165 e. The van der Waals surface area contributed by atoms with Gasteiger partial charge >= 0.3 is 0 Å². The summed E-state index contributed by atoms with van der Waals surface area (Å²) >= 11 is 3.59. The van der Waals surface area contributed by atoms with Gasteiger partial charge in [-0.05, 0) is 53.0 Å². The molecule has 0 amide bonds. The number of benzene rings is 1. The molecule has 33 heavy (non-hydrogen) atoms. The van der Waals surface area contributed by atoms with Crippen LogP contribution in [0.3, 0.4) is 0 Å². The third-order valence-corrected chi connectivity index (χ3v) is 7.01. The molecule has 0 bridgehead atoms. The van der Waals surface area contributed by atoms with Crippen LogP contribution < -0.4 is 11.1 Å². The van der Waals surface area contributed by atoms with Gasteiger partial charge < -0.3 is 20.5 Å². The van der Waals surface area contributed by atoms with Crippen LogP contribution in [0.15, 0.2) is 41.1 Å². The first-order chi connectivity index (χ1) is 16.0. The highest BCUT2D eigenvalue weighted by Crippen LogP contribution is 2.31. The van der Waals surface area contributed by atoms with Gasteiger partial charge in [-0.3, -0.25) is 4.98 Å². The van der Waals surface area contributed by atoms with Gasteiger partial charge in [0.1, 0.15) is 11.6 Å². The molecule has 172 valence electrons. The number of nitrogens with one attached hydrogen (secondary N) is 1. The molecule has 1 aromatic carbocycles. The van der Waals surface area contributed by atoms with E-state index in [1.807, 2.05) is 6.07 Å². The van der Waals surface area contributed by atoms with Crippen molar-refractivity contribution >= 4 is 38.3 Å². The molecule has 0 unspecified atom stereocenters.